The lowest BCUT2D eigenvalue weighted by Crippen LogP contribution is -2.31. The molecular formula is C13H24N2O2. The van der Waals surface area contributed by atoms with E-state index in [-0.39, 0.29) is 6.29 Å². The van der Waals surface area contributed by atoms with Crippen molar-refractivity contribution in [1.82, 2.24) is 9.88 Å². The maximum atomic E-state index is 5.46. The molecule has 0 saturated carbocycles. The van der Waals surface area contributed by atoms with E-state index in [0.29, 0.717) is 13.2 Å². The smallest absolute Gasteiger partial charge is 0.169 e. The fraction of sp³-hybridized carbons (Fsp3) is 0.692. The third kappa shape index (κ3) is 5.35. The quantitative estimate of drug-likeness (QED) is 0.671. The minimum Gasteiger partial charge on any atom is -0.354 e. The van der Waals surface area contributed by atoms with Gasteiger partial charge in [0.05, 0.1) is 0 Å². The second-order valence-corrected chi connectivity index (χ2v) is 3.82. The van der Waals surface area contributed by atoms with Crippen LogP contribution in [-0.2, 0) is 22.6 Å². The number of hydrogen-bond acceptors (Lipinski definition) is 3. The Morgan fingerprint density at radius 1 is 1.24 bits per heavy atom. The number of nitrogens with zero attached hydrogens (tertiary/aromatic N) is 1. The van der Waals surface area contributed by atoms with Gasteiger partial charge in [0.1, 0.15) is 0 Å². The molecule has 0 unspecified atom stereocenters. The van der Waals surface area contributed by atoms with Gasteiger partial charge in [-0.1, -0.05) is 0 Å². The normalized spacial score (nSPS) is 11.3. The van der Waals surface area contributed by atoms with Crippen molar-refractivity contribution in [3.8, 4) is 0 Å². The predicted octanol–water partition coefficient (Wildman–Crippen LogP) is 2.00. The van der Waals surface area contributed by atoms with Gasteiger partial charge in [0, 0.05) is 45.2 Å². The van der Waals surface area contributed by atoms with Gasteiger partial charge in [0.25, 0.3) is 0 Å². The summed E-state index contributed by atoms with van der Waals surface area (Å²) in [6.07, 6.45) is 4.11. The Labute approximate surface area is 104 Å². The molecule has 1 heterocycles. The lowest BCUT2D eigenvalue weighted by atomic mass is 10.3. The highest BCUT2D eigenvalue weighted by Gasteiger charge is 2.06. The third-order valence-corrected chi connectivity index (χ3v) is 2.52. The van der Waals surface area contributed by atoms with Gasteiger partial charge >= 0.3 is 0 Å². The number of rotatable bonds is 9. The zero-order valence-electron chi connectivity index (χ0n) is 11.1. The van der Waals surface area contributed by atoms with Gasteiger partial charge in [-0.05, 0) is 32.4 Å². The molecule has 4 nitrogen and oxygen atoms in total. The Kier molecular flexibility index (Phi) is 6.93. The second kappa shape index (κ2) is 8.28. The van der Waals surface area contributed by atoms with Crippen LogP contribution in [-0.4, -0.2) is 30.6 Å². The minimum atomic E-state index is -0.140. The van der Waals surface area contributed by atoms with E-state index in [1.807, 2.05) is 13.8 Å². The zero-order chi connectivity index (χ0) is 12.5. The fourth-order valence-electron chi connectivity index (χ4n) is 1.66. The molecule has 1 rings (SSSR count). The highest BCUT2D eigenvalue weighted by molar-refractivity contribution is 5.09. The number of nitrogens with one attached hydrogen (secondary N) is 1. The van der Waals surface area contributed by atoms with E-state index in [4.69, 9.17) is 9.47 Å². The molecule has 1 aromatic rings. The molecule has 0 spiro atoms. The lowest BCUT2D eigenvalue weighted by molar-refractivity contribution is -0.133. The first kappa shape index (κ1) is 14.2. The Bertz CT molecular complexity index is 293. The summed E-state index contributed by atoms with van der Waals surface area (Å²) in [5, 5.41) is 3.35. The number of aromatic nitrogens is 1. The van der Waals surface area contributed by atoms with Gasteiger partial charge in [-0.25, -0.2) is 0 Å². The molecule has 0 aliphatic heterocycles. The van der Waals surface area contributed by atoms with Crippen LogP contribution < -0.4 is 5.32 Å². The second-order valence-electron chi connectivity index (χ2n) is 3.82. The molecule has 0 fully saturated rings. The van der Waals surface area contributed by atoms with Crippen molar-refractivity contribution in [2.45, 2.75) is 40.2 Å². The van der Waals surface area contributed by atoms with Gasteiger partial charge in [-0.15, -0.1) is 0 Å². The molecule has 1 aromatic heterocycles. The van der Waals surface area contributed by atoms with E-state index >= 15 is 0 Å². The van der Waals surface area contributed by atoms with Crippen LogP contribution in [0.25, 0.3) is 0 Å². The maximum absolute atomic E-state index is 5.46. The summed E-state index contributed by atoms with van der Waals surface area (Å²) in [4.78, 5) is 0. The summed E-state index contributed by atoms with van der Waals surface area (Å²) in [7, 11) is 0. The first-order valence-electron chi connectivity index (χ1n) is 6.38. The highest BCUT2D eigenvalue weighted by Crippen LogP contribution is 2.01. The number of ether oxygens (including phenoxy) is 2. The van der Waals surface area contributed by atoms with E-state index in [2.05, 4.69) is 35.3 Å². The van der Waals surface area contributed by atoms with Crippen LogP contribution >= 0.6 is 0 Å². The Morgan fingerprint density at radius 3 is 2.47 bits per heavy atom. The van der Waals surface area contributed by atoms with E-state index in [1.54, 1.807) is 0 Å². The number of hydrogen-bond donors (Lipinski definition) is 1. The summed E-state index contributed by atoms with van der Waals surface area (Å²) in [5.41, 5.74) is 1.29. The largest absolute Gasteiger partial charge is 0.354 e. The van der Waals surface area contributed by atoms with Crippen LogP contribution in [0.3, 0.4) is 0 Å². The summed E-state index contributed by atoms with van der Waals surface area (Å²) in [6, 6.07) is 2.13. The summed E-state index contributed by atoms with van der Waals surface area (Å²) < 4.78 is 13.1. The molecule has 0 saturated heterocycles. The molecule has 0 aromatic carbocycles. The van der Waals surface area contributed by atoms with Gasteiger partial charge in [0.15, 0.2) is 6.29 Å². The molecule has 4 heteroatoms. The van der Waals surface area contributed by atoms with Crippen molar-refractivity contribution in [3.05, 3.63) is 24.0 Å². The van der Waals surface area contributed by atoms with Crippen molar-refractivity contribution < 1.29 is 9.47 Å². The molecule has 17 heavy (non-hydrogen) atoms. The molecule has 98 valence electrons. The fourth-order valence-corrected chi connectivity index (χ4v) is 1.66. The minimum absolute atomic E-state index is 0.140. The standard InChI is InChI=1S/C13H24N2O2/c1-4-15-8-7-12(11-15)9-14-10-13(16-5-2)17-6-3/h7-8,11,13-14H,4-6,9-10H2,1-3H3. The first-order chi connectivity index (χ1) is 8.30. The van der Waals surface area contributed by atoms with Crippen LogP contribution in [0.4, 0.5) is 0 Å². The first-order valence-corrected chi connectivity index (χ1v) is 6.38. The zero-order valence-corrected chi connectivity index (χ0v) is 11.1. The lowest BCUT2D eigenvalue weighted by Gasteiger charge is -2.17. The molecule has 0 aliphatic carbocycles. The maximum Gasteiger partial charge on any atom is 0.169 e. The molecule has 0 aliphatic rings. The van der Waals surface area contributed by atoms with E-state index in [9.17, 15) is 0 Å². The molecule has 0 atom stereocenters. The van der Waals surface area contributed by atoms with Gasteiger partial charge in [-0.3, -0.25) is 0 Å². The SMILES string of the molecule is CCOC(CNCc1ccn(CC)c1)OCC. The summed E-state index contributed by atoms with van der Waals surface area (Å²) >= 11 is 0. The molecule has 0 bridgehead atoms. The molecular weight excluding hydrogens is 216 g/mol. The Morgan fingerprint density at radius 2 is 1.94 bits per heavy atom. The predicted molar refractivity (Wildman–Crippen MR) is 68.9 cm³/mol. The highest BCUT2D eigenvalue weighted by atomic mass is 16.7. The summed E-state index contributed by atoms with van der Waals surface area (Å²) in [5.74, 6) is 0. The average Bonchev–Trinajstić information content (AvgIpc) is 2.77. The van der Waals surface area contributed by atoms with Gasteiger partial charge in [0.2, 0.25) is 0 Å². The Hall–Kier alpha value is -0.840. The van der Waals surface area contributed by atoms with Crippen molar-refractivity contribution in [2.24, 2.45) is 0 Å². The van der Waals surface area contributed by atoms with Crippen molar-refractivity contribution >= 4 is 0 Å². The monoisotopic (exact) mass is 240 g/mol. The Balaban J connectivity index is 2.24. The average molecular weight is 240 g/mol. The third-order valence-electron chi connectivity index (χ3n) is 2.52. The molecule has 0 radical (unpaired) electrons. The van der Waals surface area contributed by atoms with Crippen molar-refractivity contribution in [1.29, 1.82) is 0 Å². The van der Waals surface area contributed by atoms with Crippen LogP contribution in [0, 0.1) is 0 Å². The van der Waals surface area contributed by atoms with Crippen LogP contribution in [0.5, 0.6) is 0 Å². The van der Waals surface area contributed by atoms with Crippen LogP contribution in [0.15, 0.2) is 18.5 Å². The van der Waals surface area contributed by atoms with Crippen LogP contribution in [0.2, 0.25) is 0 Å². The molecule has 1 N–H and O–H groups in total. The number of aryl methyl sites for hydroxylation is 1. The topological polar surface area (TPSA) is 35.4 Å². The van der Waals surface area contributed by atoms with E-state index in [1.165, 1.54) is 5.56 Å². The van der Waals surface area contributed by atoms with Gasteiger partial charge in [-0.2, -0.15) is 0 Å². The van der Waals surface area contributed by atoms with Gasteiger partial charge < -0.3 is 19.4 Å². The summed E-state index contributed by atoms with van der Waals surface area (Å²) in [6.45, 7) is 10.0. The van der Waals surface area contributed by atoms with Crippen molar-refractivity contribution in [2.75, 3.05) is 19.8 Å². The van der Waals surface area contributed by atoms with Crippen molar-refractivity contribution in [3.63, 3.8) is 0 Å². The van der Waals surface area contributed by atoms with E-state index < -0.39 is 0 Å². The molecule has 0 amide bonds. The van der Waals surface area contributed by atoms with Crippen LogP contribution in [0.1, 0.15) is 26.3 Å². The van der Waals surface area contributed by atoms with E-state index in [0.717, 1.165) is 19.6 Å².